The molecule has 0 aliphatic carbocycles. The Morgan fingerprint density at radius 2 is 1.81 bits per heavy atom. The molecule has 0 aliphatic heterocycles. The molecule has 0 saturated carbocycles. The lowest BCUT2D eigenvalue weighted by molar-refractivity contribution is 0.0474. The maximum absolute atomic E-state index is 12.3. The van der Waals surface area contributed by atoms with Gasteiger partial charge in [-0.25, -0.2) is 9.59 Å². The predicted molar refractivity (Wildman–Crippen MR) is 98.7 cm³/mol. The Bertz CT molecular complexity index is 999. The third-order valence-electron chi connectivity index (χ3n) is 4.28. The van der Waals surface area contributed by atoms with Gasteiger partial charge in [0, 0.05) is 17.0 Å². The molecule has 3 rings (SSSR count). The summed E-state index contributed by atoms with van der Waals surface area (Å²) >= 11 is 0. The van der Waals surface area contributed by atoms with E-state index >= 15 is 0 Å². The van der Waals surface area contributed by atoms with E-state index in [0.717, 1.165) is 16.5 Å². The van der Waals surface area contributed by atoms with Gasteiger partial charge in [-0.15, -0.1) is 0 Å². The highest BCUT2D eigenvalue weighted by Crippen LogP contribution is 2.24. The van der Waals surface area contributed by atoms with Crippen LogP contribution in [0.1, 0.15) is 34.0 Å². The largest absolute Gasteiger partial charge is 0.494 e. The first-order valence-electron chi connectivity index (χ1n) is 8.42. The molecule has 0 bridgehead atoms. The van der Waals surface area contributed by atoms with E-state index in [9.17, 15) is 9.59 Å². The van der Waals surface area contributed by atoms with E-state index in [1.165, 1.54) is 6.07 Å². The summed E-state index contributed by atoms with van der Waals surface area (Å²) in [4.78, 5) is 24.1. The van der Waals surface area contributed by atoms with Gasteiger partial charge in [-0.3, -0.25) is 0 Å². The first-order chi connectivity index (χ1) is 12.5. The molecular formula is C21H20O5. The zero-order valence-corrected chi connectivity index (χ0v) is 15.0. The lowest BCUT2D eigenvalue weighted by Crippen LogP contribution is -2.08. The average Bonchev–Trinajstić information content (AvgIpc) is 2.64. The number of hydrogen-bond donors (Lipinski definition) is 0. The smallest absolute Gasteiger partial charge is 0.338 e. The number of esters is 1. The third kappa shape index (κ3) is 3.61. The third-order valence-corrected chi connectivity index (χ3v) is 4.28. The monoisotopic (exact) mass is 352 g/mol. The van der Waals surface area contributed by atoms with E-state index in [1.54, 1.807) is 24.3 Å². The Labute approximate surface area is 151 Å². The fraction of sp³-hybridized carbons (Fsp3) is 0.238. The van der Waals surface area contributed by atoms with Gasteiger partial charge < -0.3 is 13.9 Å². The van der Waals surface area contributed by atoms with Crippen LogP contribution in [-0.4, -0.2) is 12.6 Å². The van der Waals surface area contributed by atoms with Crippen molar-refractivity contribution in [3.8, 4) is 5.75 Å². The molecule has 3 aromatic rings. The Morgan fingerprint density at radius 3 is 2.50 bits per heavy atom. The van der Waals surface area contributed by atoms with Crippen molar-refractivity contribution in [2.45, 2.75) is 27.4 Å². The molecule has 0 radical (unpaired) electrons. The van der Waals surface area contributed by atoms with Crippen LogP contribution in [0.15, 0.2) is 51.7 Å². The second kappa shape index (κ2) is 7.44. The van der Waals surface area contributed by atoms with Gasteiger partial charge in [0.1, 0.15) is 17.9 Å². The summed E-state index contributed by atoms with van der Waals surface area (Å²) in [5.74, 6) is 0.236. The lowest BCUT2D eigenvalue weighted by Gasteiger charge is -2.10. The summed E-state index contributed by atoms with van der Waals surface area (Å²) in [6.07, 6.45) is 0. The second-order valence-corrected chi connectivity index (χ2v) is 6.01. The highest BCUT2D eigenvalue weighted by molar-refractivity contribution is 5.90. The van der Waals surface area contributed by atoms with Gasteiger partial charge in [0.05, 0.1) is 12.2 Å². The zero-order chi connectivity index (χ0) is 18.7. The van der Waals surface area contributed by atoms with Crippen LogP contribution in [-0.2, 0) is 11.3 Å². The van der Waals surface area contributed by atoms with Crippen molar-refractivity contribution in [1.29, 1.82) is 0 Å². The number of carbonyl (C=O) groups excluding carboxylic acids is 1. The Hall–Kier alpha value is -3.08. The standard InChI is InChI=1S/C21H20O5/c1-4-24-17-8-6-15(7-9-17)21(23)25-12-16-11-19(22)26-20-14(3)13(2)5-10-18(16)20/h5-11H,4,12H2,1-3H3. The molecule has 0 amide bonds. The maximum atomic E-state index is 12.3. The number of ether oxygens (including phenoxy) is 2. The molecule has 0 unspecified atom stereocenters. The van der Waals surface area contributed by atoms with Crippen LogP contribution in [0.3, 0.4) is 0 Å². The van der Waals surface area contributed by atoms with Gasteiger partial charge in [-0.2, -0.15) is 0 Å². The average molecular weight is 352 g/mol. The van der Waals surface area contributed by atoms with E-state index in [0.29, 0.717) is 29.1 Å². The molecule has 5 heteroatoms. The van der Waals surface area contributed by atoms with Crippen LogP contribution >= 0.6 is 0 Å². The molecule has 0 N–H and O–H groups in total. The van der Waals surface area contributed by atoms with E-state index in [2.05, 4.69) is 0 Å². The first-order valence-corrected chi connectivity index (χ1v) is 8.42. The van der Waals surface area contributed by atoms with Gasteiger partial charge in [0.15, 0.2) is 0 Å². The van der Waals surface area contributed by atoms with Gasteiger partial charge >= 0.3 is 11.6 Å². The summed E-state index contributed by atoms with van der Waals surface area (Å²) in [6.45, 7) is 6.30. The van der Waals surface area contributed by atoms with E-state index in [1.807, 2.05) is 32.9 Å². The molecule has 5 nitrogen and oxygen atoms in total. The van der Waals surface area contributed by atoms with E-state index < -0.39 is 11.6 Å². The van der Waals surface area contributed by atoms with Gasteiger partial charge in [0.25, 0.3) is 0 Å². The maximum Gasteiger partial charge on any atom is 0.338 e. The minimum absolute atomic E-state index is 0.00333. The van der Waals surface area contributed by atoms with Crippen molar-refractivity contribution < 1.29 is 18.7 Å². The lowest BCUT2D eigenvalue weighted by atomic mass is 10.0. The van der Waals surface area contributed by atoms with Crippen LogP contribution < -0.4 is 10.4 Å². The molecule has 26 heavy (non-hydrogen) atoms. The summed E-state index contributed by atoms with van der Waals surface area (Å²) in [6, 6.07) is 11.9. The molecule has 2 aromatic carbocycles. The summed E-state index contributed by atoms with van der Waals surface area (Å²) in [7, 11) is 0. The fourth-order valence-corrected chi connectivity index (χ4v) is 2.72. The Morgan fingerprint density at radius 1 is 1.08 bits per heavy atom. The molecule has 1 heterocycles. The minimum Gasteiger partial charge on any atom is -0.494 e. The van der Waals surface area contributed by atoms with Crippen molar-refractivity contribution in [3.05, 3.63) is 75.1 Å². The Kier molecular flexibility index (Phi) is 5.07. The Balaban J connectivity index is 1.82. The first kappa shape index (κ1) is 17.7. The van der Waals surface area contributed by atoms with Crippen molar-refractivity contribution >= 4 is 16.9 Å². The quantitative estimate of drug-likeness (QED) is 0.509. The molecule has 0 saturated heterocycles. The van der Waals surface area contributed by atoms with Crippen molar-refractivity contribution in [2.24, 2.45) is 0 Å². The molecule has 1 aromatic heterocycles. The number of hydrogen-bond acceptors (Lipinski definition) is 5. The summed E-state index contributed by atoms with van der Waals surface area (Å²) in [5.41, 5.74) is 3.05. The molecule has 134 valence electrons. The van der Waals surface area contributed by atoms with Crippen molar-refractivity contribution in [1.82, 2.24) is 0 Å². The highest BCUT2D eigenvalue weighted by atomic mass is 16.5. The SMILES string of the molecule is CCOc1ccc(C(=O)OCc2cc(=O)oc3c(C)c(C)ccc23)cc1. The van der Waals surface area contributed by atoms with Gasteiger partial charge in [-0.1, -0.05) is 12.1 Å². The summed E-state index contributed by atoms with van der Waals surface area (Å²) in [5, 5.41) is 0.771. The fourth-order valence-electron chi connectivity index (χ4n) is 2.72. The minimum atomic E-state index is -0.460. The molecule has 0 aliphatic rings. The van der Waals surface area contributed by atoms with Crippen LogP contribution in [0, 0.1) is 13.8 Å². The topological polar surface area (TPSA) is 65.7 Å². The van der Waals surface area contributed by atoms with Crippen LogP contribution in [0.4, 0.5) is 0 Å². The highest BCUT2D eigenvalue weighted by Gasteiger charge is 2.13. The van der Waals surface area contributed by atoms with E-state index in [-0.39, 0.29) is 6.61 Å². The van der Waals surface area contributed by atoms with Gasteiger partial charge in [0.2, 0.25) is 0 Å². The predicted octanol–water partition coefficient (Wildman–Crippen LogP) is 4.17. The molecule has 0 fully saturated rings. The number of rotatable bonds is 5. The van der Waals surface area contributed by atoms with Crippen LogP contribution in [0.25, 0.3) is 11.0 Å². The summed E-state index contributed by atoms with van der Waals surface area (Å²) < 4.78 is 16.1. The van der Waals surface area contributed by atoms with Crippen LogP contribution in [0.5, 0.6) is 5.75 Å². The van der Waals surface area contributed by atoms with Gasteiger partial charge in [-0.05, 0) is 56.2 Å². The molecular weight excluding hydrogens is 332 g/mol. The van der Waals surface area contributed by atoms with E-state index in [4.69, 9.17) is 13.9 Å². The van der Waals surface area contributed by atoms with Crippen LogP contribution in [0.2, 0.25) is 0 Å². The molecule has 0 atom stereocenters. The molecule has 0 spiro atoms. The normalized spacial score (nSPS) is 10.7. The number of carbonyl (C=O) groups is 1. The van der Waals surface area contributed by atoms with Crippen molar-refractivity contribution in [2.75, 3.05) is 6.61 Å². The number of fused-ring (bicyclic) bond motifs is 1. The zero-order valence-electron chi connectivity index (χ0n) is 15.0. The number of aryl methyl sites for hydroxylation is 2. The number of benzene rings is 2. The second-order valence-electron chi connectivity index (χ2n) is 6.01. The van der Waals surface area contributed by atoms with Crippen molar-refractivity contribution in [3.63, 3.8) is 0 Å².